The average Bonchev–Trinajstić information content (AvgIpc) is 2.32. The monoisotopic (exact) mass is 316 g/mol. The van der Waals surface area contributed by atoms with E-state index < -0.39 is 17.9 Å². The summed E-state index contributed by atoms with van der Waals surface area (Å²) in [5.41, 5.74) is 0. The minimum absolute atomic E-state index is 0. The summed E-state index contributed by atoms with van der Waals surface area (Å²) in [4.78, 5) is 14.6. The number of carbonyl (C=O) groups is 1. The van der Waals surface area contributed by atoms with Crippen molar-refractivity contribution >= 4 is 5.91 Å². The summed E-state index contributed by atoms with van der Waals surface area (Å²) in [7, 11) is 0. The Morgan fingerprint density at radius 2 is 1.90 bits per heavy atom. The van der Waals surface area contributed by atoms with Gasteiger partial charge in [0.1, 0.15) is 0 Å². The Morgan fingerprint density at radius 3 is 2.35 bits per heavy atom. The fourth-order valence-corrected chi connectivity index (χ4v) is 2.19. The van der Waals surface area contributed by atoms with Crippen LogP contribution in [0.25, 0.3) is 0 Å². The van der Waals surface area contributed by atoms with Crippen molar-refractivity contribution in [1.82, 2.24) is 9.80 Å². The molecule has 0 aromatic heterocycles. The van der Waals surface area contributed by atoms with Crippen LogP contribution < -0.4 is 56.5 Å². The number of piperidine rings is 1. The second-order valence-corrected chi connectivity index (χ2v) is 5.08. The van der Waals surface area contributed by atoms with E-state index in [1.165, 1.54) is 16.7 Å². The van der Waals surface area contributed by atoms with Crippen molar-refractivity contribution in [2.45, 2.75) is 39.2 Å². The van der Waals surface area contributed by atoms with Gasteiger partial charge in [-0.15, -0.1) is 0 Å². The zero-order valence-electron chi connectivity index (χ0n) is 12.9. The molecule has 0 bridgehead atoms. The van der Waals surface area contributed by atoms with Gasteiger partial charge in [-0.25, -0.2) is 8.78 Å². The van der Waals surface area contributed by atoms with E-state index in [0.717, 1.165) is 0 Å². The van der Waals surface area contributed by atoms with E-state index in [1.807, 2.05) is 13.8 Å². The molecule has 0 spiro atoms. The standard InChI is InChI=1S/C11H17F2N2O2.C2H6.K/c1-8-2-3-14(7-11(8,12)13)6-10(17)15-4-9(16)5-15;1-2;/h8-9H,2-7H2,1H3;1-2H3;/q-1;;+1. The van der Waals surface area contributed by atoms with E-state index in [1.54, 1.807) is 0 Å². The first-order chi connectivity index (χ1) is 8.88. The third-order valence-electron chi connectivity index (χ3n) is 3.59. The number of halogens is 2. The van der Waals surface area contributed by atoms with Crippen LogP contribution in [0.15, 0.2) is 0 Å². The molecule has 2 rings (SSSR count). The van der Waals surface area contributed by atoms with Crippen LogP contribution >= 0.6 is 0 Å². The molecule has 2 aliphatic rings. The zero-order valence-corrected chi connectivity index (χ0v) is 16.0. The Labute approximate surface area is 162 Å². The van der Waals surface area contributed by atoms with Gasteiger partial charge in [-0.2, -0.15) is 0 Å². The van der Waals surface area contributed by atoms with Crippen molar-refractivity contribution < 1.29 is 70.1 Å². The zero-order chi connectivity index (χ0) is 14.6. The Balaban J connectivity index is 0.00000115. The van der Waals surface area contributed by atoms with E-state index in [4.69, 9.17) is 0 Å². The van der Waals surface area contributed by atoms with Crippen molar-refractivity contribution in [1.29, 1.82) is 0 Å². The summed E-state index contributed by atoms with van der Waals surface area (Å²) in [6.07, 6.45) is -0.286. The van der Waals surface area contributed by atoms with Crippen LogP contribution in [0.2, 0.25) is 0 Å². The van der Waals surface area contributed by atoms with Crippen molar-refractivity contribution in [2.24, 2.45) is 5.92 Å². The summed E-state index contributed by atoms with van der Waals surface area (Å²) in [5, 5.41) is 10.8. The van der Waals surface area contributed by atoms with Gasteiger partial charge < -0.3 is 10.0 Å². The van der Waals surface area contributed by atoms with E-state index in [-0.39, 0.29) is 83.5 Å². The van der Waals surface area contributed by atoms with Gasteiger partial charge in [-0.05, 0) is 13.0 Å². The quantitative estimate of drug-likeness (QED) is 0.532. The molecule has 112 valence electrons. The minimum Gasteiger partial charge on any atom is -0.849 e. The molecule has 1 unspecified atom stereocenters. The first-order valence-electron chi connectivity index (χ1n) is 6.92. The van der Waals surface area contributed by atoms with Crippen LogP contribution in [0.3, 0.4) is 0 Å². The van der Waals surface area contributed by atoms with Gasteiger partial charge in [-0.1, -0.05) is 26.9 Å². The molecule has 0 radical (unpaired) electrons. The predicted octanol–water partition coefficient (Wildman–Crippen LogP) is -2.44. The van der Waals surface area contributed by atoms with E-state index in [9.17, 15) is 18.7 Å². The normalized spacial score (nSPS) is 25.9. The van der Waals surface area contributed by atoms with Gasteiger partial charge in [-0.3, -0.25) is 9.69 Å². The SMILES string of the molecule is CC.CC1CCN(CC(=O)N2CC([O-])C2)CC1(F)F.[K+]. The Bertz CT molecular complexity index is 313. The minimum atomic E-state index is -2.71. The van der Waals surface area contributed by atoms with Crippen molar-refractivity contribution in [3.8, 4) is 0 Å². The largest absolute Gasteiger partial charge is 1.00 e. The average molecular weight is 316 g/mol. The Morgan fingerprint density at radius 1 is 1.35 bits per heavy atom. The Kier molecular flexibility index (Phi) is 9.53. The van der Waals surface area contributed by atoms with Crippen LogP contribution in [0.4, 0.5) is 8.78 Å². The molecule has 2 aliphatic heterocycles. The molecule has 4 nitrogen and oxygen atoms in total. The molecule has 0 aliphatic carbocycles. The fourth-order valence-electron chi connectivity index (χ4n) is 2.19. The number of nitrogens with zero attached hydrogens (tertiary/aromatic N) is 2. The molecule has 7 heteroatoms. The first-order valence-corrected chi connectivity index (χ1v) is 6.92. The molecule has 0 N–H and O–H groups in total. The molecule has 1 amide bonds. The first kappa shape index (κ1) is 20.9. The number of hydrogen-bond donors (Lipinski definition) is 0. The molecule has 2 fully saturated rings. The number of amides is 1. The van der Waals surface area contributed by atoms with Crippen LogP contribution in [0, 0.1) is 5.92 Å². The summed E-state index contributed by atoms with van der Waals surface area (Å²) in [6.45, 7) is 6.16. The second kappa shape index (κ2) is 9.12. The number of alkyl halides is 2. The molecular formula is C13H23F2KN2O2. The third-order valence-corrected chi connectivity index (χ3v) is 3.59. The van der Waals surface area contributed by atoms with Crippen LogP contribution in [-0.4, -0.2) is 60.5 Å². The maximum Gasteiger partial charge on any atom is 1.00 e. The summed E-state index contributed by atoms with van der Waals surface area (Å²) >= 11 is 0. The molecular weight excluding hydrogens is 293 g/mol. The summed E-state index contributed by atoms with van der Waals surface area (Å²) in [6, 6.07) is 0. The van der Waals surface area contributed by atoms with E-state index in [0.29, 0.717) is 13.0 Å². The van der Waals surface area contributed by atoms with Gasteiger partial charge in [0, 0.05) is 19.0 Å². The molecule has 2 heterocycles. The van der Waals surface area contributed by atoms with Crippen molar-refractivity contribution in [3.63, 3.8) is 0 Å². The van der Waals surface area contributed by atoms with E-state index in [2.05, 4.69) is 0 Å². The summed E-state index contributed by atoms with van der Waals surface area (Å²) < 4.78 is 26.9. The van der Waals surface area contributed by atoms with Crippen molar-refractivity contribution in [3.05, 3.63) is 0 Å². The maximum absolute atomic E-state index is 13.4. The van der Waals surface area contributed by atoms with Gasteiger partial charge >= 0.3 is 51.4 Å². The molecule has 0 saturated carbocycles. The number of carbonyl (C=O) groups excluding carboxylic acids is 1. The maximum atomic E-state index is 13.4. The van der Waals surface area contributed by atoms with Gasteiger partial charge in [0.15, 0.2) is 0 Å². The molecule has 1 atom stereocenters. The predicted molar refractivity (Wildman–Crippen MR) is 66.9 cm³/mol. The molecule has 20 heavy (non-hydrogen) atoms. The molecule has 2 saturated heterocycles. The topological polar surface area (TPSA) is 46.6 Å². The van der Waals surface area contributed by atoms with Gasteiger partial charge in [0.05, 0.1) is 13.1 Å². The third kappa shape index (κ3) is 5.59. The Hall–Kier alpha value is 0.886. The van der Waals surface area contributed by atoms with Gasteiger partial charge in [0.2, 0.25) is 5.91 Å². The smallest absolute Gasteiger partial charge is 0.849 e. The van der Waals surface area contributed by atoms with Crippen LogP contribution in [-0.2, 0) is 4.79 Å². The molecule has 0 aromatic rings. The fraction of sp³-hybridized carbons (Fsp3) is 0.923. The van der Waals surface area contributed by atoms with Crippen LogP contribution in [0.5, 0.6) is 0 Å². The van der Waals surface area contributed by atoms with Crippen molar-refractivity contribution in [2.75, 3.05) is 32.7 Å². The van der Waals surface area contributed by atoms with Gasteiger partial charge in [0.25, 0.3) is 5.92 Å². The number of likely N-dealkylation sites (tertiary alicyclic amines) is 2. The van der Waals surface area contributed by atoms with E-state index >= 15 is 0 Å². The van der Waals surface area contributed by atoms with Crippen LogP contribution in [0.1, 0.15) is 27.2 Å². The number of hydrogen-bond acceptors (Lipinski definition) is 3. The molecule has 0 aromatic carbocycles. The number of rotatable bonds is 2. The summed E-state index contributed by atoms with van der Waals surface area (Å²) in [5.74, 6) is -3.54. The second-order valence-electron chi connectivity index (χ2n) is 5.08.